The van der Waals surface area contributed by atoms with Gasteiger partial charge in [0, 0.05) is 5.02 Å². The summed E-state index contributed by atoms with van der Waals surface area (Å²) in [6.07, 6.45) is 0. The van der Waals surface area contributed by atoms with Crippen molar-refractivity contribution in [3.8, 4) is 0 Å². The fourth-order valence-corrected chi connectivity index (χ4v) is 3.62. The maximum atomic E-state index is 12.2. The molecule has 1 aliphatic heterocycles. The summed E-state index contributed by atoms with van der Waals surface area (Å²) in [5, 5.41) is 0.527. The van der Waals surface area contributed by atoms with Crippen molar-refractivity contribution in [3.63, 3.8) is 0 Å². The van der Waals surface area contributed by atoms with Crippen LogP contribution in [0.3, 0.4) is 0 Å². The van der Waals surface area contributed by atoms with Gasteiger partial charge >= 0.3 is 10.2 Å². The first-order chi connectivity index (χ1) is 9.97. The number of amides is 1. The van der Waals surface area contributed by atoms with Gasteiger partial charge in [-0.3, -0.25) is 4.79 Å². The molecule has 0 aromatic heterocycles. The van der Waals surface area contributed by atoms with Crippen molar-refractivity contribution >= 4 is 33.4 Å². The molecule has 0 unspecified atom stereocenters. The van der Waals surface area contributed by atoms with E-state index in [1.807, 2.05) is 4.72 Å². The largest absolute Gasteiger partial charge is 0.326 e. The van der Waals surface area contributed by atoms with Gasteiger partial charge in [-0.15, -0.1) is 0 Å². The van der Waals surface area contributed by atoms with E-state index in [1.54, 1.807) is 48.5 Å². The van der Waals surface area contributed by atoms with E-state index in [1.165, 1.54) is 0 Å². The summed E-state index contributed by atoms with van der Waals surface area (Å²) in [4.78, 5) is 11.8. The Balaban J connectivity index is 2.07. The van der Waals surface area contributed by atoms with Crippen molar-refractivity contribution in [3.05, 3.63) is 64.7 Å². The molecular formula is C14H11ClN2O3S. The number of rotatable bonds is 2. The Morgan fingerprint density at radius 1 is 1.10 bits per heavy atom. The number of nitrogens with one attached hydrogen (secondary N) is 1. The molecule has 1 amide bonds. The summed E-state index contributed by atoms with van der Waals surface area (Å²) < 4.78 is 27.6. The number of anilines is 1. The molecule has 0 bridgehead atoms. The second kappa shape index (κ2) is 5.05. The lowest BCUT2D eigenvalue weighted by atomic mass is 10.1. The number of hydrogen-bond acceptors (Lipinski definition) is 3. The van der Waals surface area contributed by atoms with E-state index < -0.39 is 16.1 Å². The molecule has 0 fully saturated rings. The van der Waals surface area contributed by atoms with Gasteiger partial charge in [-0.2, -0.15) is 8.42 Å². The first-order valence-electron chi connectivity index (χ1n) is 6.16. The molecule has 108 valence electrons. The van der Waals surface area contributed by atoms with Crippen molar-refractivity contribution in [1.82, 2.24) is 4.72 Å². The lowest BCUT2D eigenvalue weighted by molar-refractivity contribution is 0.0979. The molecular weight excluding hydrogens is 312 g/mol. The summed E-state index contributed by atoms with van der Waals surface area (Å²) in [5.74, 6) is -0.618. The number of fused-ring (bicyclic) bond motifs is 1. The zero-order valence-corrected chi connectivity index (χ0v) is 12.4. The highest BCUT2D eigenvalue weighted by atomic mass is 35.5. The quantitative estimate of drug-likeness (QED) is 0.922. The molecule has 2 aromatic carbocycles. The number of carbonyl (C=O) groups excluding carboxylic acids is 1. The summed E-state index contributed by atoms with van der Waals surface area (Å²) in [6, 6.07) is 13.5. The third kappa shape index (κ3) is 2.59. The lowest BCUT2D eigenvalue weighted by Gasteiger charge is -2.30. The molecule has 3 rings (SSSR count). The Morgan fingerprint density at radius 3 is 2.62 bits per heavy atom. The van der Waals surface area contributed by atoms with Crippen LogP contribution in [0.4, 0.5) is 5.69 Å². The third-order valence-corrected chi connectivity index (χ3v) is 4.73. The highest BCUT2D eigenvalue weighted by Gasteiger charge is 2.33. The SMILES string of the molecule is O=C1NS(=O)(=O)N(Cc2cccc(Cl)c2)c2ccccc21. The van der Waals surface area contributed by atoms with Crippen LogP contribution < -0.4 is 9.03 Å². The molecule has 0 aliphatic carbocycles. The van der Waals surface area contributed by atoms with Crippen LogP contribution >= 0.6 is 11.6 Å². The maximum Gasteiger partial charge on any atom is 0.326 e. The molecule has 0 atom stereocenters. The van der Waals surface area contributed by atoms with E-state index in [4.69, 9.17) is 11.6 Å². The standard InChI is InChI=1S/C14H11ClN2O3S/c15-11-5-3-4-10(8-11)9-17-13-7-2-1-6-12(13)14(18)16-21(17,19)20/h1-8H,9H2,(H,16,18). The number of hydrogen-bond donors (Lipinski definition) is 1. The topological polar surface area (TPSA) is 66.5 Å². The highest BCUT2D eigenvalue weighted by Crippen LogP contribution is 2.28. The number of para-hydroxylation sites is 1. The first-order valence-corrected chi connectivity index (χ1v) is 7.97. The van der Waals surface area contributed by atoms with Crippen LogP contribution in [0.2, 0.25) is 5.02 Å². The van der Waals surface area contributed by atoms with Gasteiger partial charge in [0.25, 0.3) is 5.91 Å². The summed E-state index contributed by atoms with van der Waals surface area (Å²) in [6.45, 7) is 0.0974. The van der Waals surface area contributed by atoms with Gasteiger partial charge in [0.1, 0.15) is 0 Å². The molecule has 2 aromatic rings. The van der Waals surface area contributed by atoms with Crippen molar-refractivity contribution in [1.29, 1.82) is 0 Å². The van der Waals surface area contributed by atoms with Crippen molar-refractivity contribution in [2.45, 2.75) is 6.54 Å². The number of halogens is 1. The first kappa shape index (κ1) is 13.9. The number of benzene rings is 2. The fourth-order valence-electron chi connectivity index (χ4n) is 2.21. The Morgan fingerprint density at radius 2 is 1.86 bits per heavy atom. The van der Waals surface area contributed by atoms with E-state index in [0.29, 0.717) is 16.3 Å². The molecule has 0 radical (unpaired) electrons. The maximum absolute atomic E-state index is 12.2. The van der Waals surface area contributed by atoms with Crippen LogP contribution in [0.25, 0.3) is 0 Å². The van der Waals surface area contributed by atoms with Crippen LogP contribution in [0, 0.1) is 0 Å². The van der Waals surface area contributed by atoms with Gasteiger partial charge < -0.3 is 0 Å². The summed E-state index contributed by atoms with van der Waals surface area (Å²) in [7, 11) is -3.91. The van der Waals surface area contributed by atoms with E-state index in [-0.39, 0.29) is 6.54 Å². The minimum absolute atomic E-state index is 0.0974. The van der Waals surface area contributed by atoms with Crippen molar-refractivity contribution < 1.29 is 13.2 Å². The van der Waals surface area contributed by atoms with Crippen molar-refractivity contribution in [2.75, 3.05) is 4.31 Å². The Kier molecular flexibility index (Phi) is 3.35. The van der Waals surface area contributed by atoms with Crippen LogP contribution in [0.15, 0.2) is 48.5 Å². The van der Waals surface area contributed by atoms with Gasteiger partial charge in [0.15, 0.2) is 0 Å². The Labute approximate surface area is 127 Å². The molecule has 0 spiro atoms. The third-order valence-electron chi connectivity index (χ3n) is 3.14. The van der Waals surface area contributed by atoms with Gasteiger partial charge in [0.2, 0.25) is 0 Å². The summed E-state index contributed by atoms with van der Waals surface area (Å²) in [5.41, 5.74) is 1.42. The molecule has 0 saturated carbocycles. The molecule has 21 heavy (non-hydrogen) atoms. The predicted molar refractivity (Wildman–Crippen MR) is 80.5 cm³/mol. The Hall–Kier alpha value is -2.05. The average molecular weight is 323 g/mol. The monoisotopic (exact) mass is 322 g/mol. The second-order valence-electron chi connectivity index (χ2n) is 4.59. The van der Waals surface area contributed by atoms with E-state index >= 15 is 0 Å². The average Bonchev–Trinajstić information content (AvgIpc) is 2.43. The highest BCUT2D eigenvalue weighted by molar-refractivity contribution is 7.91. The van der Waals surface area contributed by atoms with Crippen molar-refractivity contribution in [2.24, 2.45) is 0 Å². The molecule has 5 nitrogen and oxygen atoms in total. The van der Waals surface area contributed by atoms with Gasteiger partial charge in [-0.25, -0.2) is 9.03 Å². The summed E-state index contributed by atoms with van der Waals surface area (Å²) >= 11 is 5.92. The lowest BCUT2D eigenvalue weighted by Crippen LogP contribution is -2.48. The predicted octanol–water partition coefficient (Wildman–Crippen LogP) is 2.33. The van der Waals surface area contributed by atoms with Crippen LogP contribution in [0.5, 0.6) is 0 Å². The van der Waals surface area contributed by atoms with Crippen LogP contribution in [-0.4, -0.2) is 14.3 Å². The zero-order chi connectivity index (χ0) is 15.0. The molecule has 7 heteroatoms. The van der Waals surface area contributed by atoms with E-state index in [0.717, 1.165) is 9.87 Å². The van der Waals surface area contributed by atoms with E-state index in [2.05, 4.69) is 0 Å². The molecule has 1 aliphatic rings. The van der Waals surface area contributed by atoms with Crippen LogP contribution in [0.1, 0.15) is 15.9 Å². The molecule has 1 heterocycles. The van der Waals surface area contributed by atoms with E-state index in [9.17, 15) is 13.2 Å². The van der Waals surface area contributed by atoms with Gasteiger partial charge in [0.05, 0.1) is 17.8 Å². The Bertz CT molecular complexity index is 820. The number of carbonyl (C=O) groups is 1. The fraction of sp³-hybridized carbons (Fsp3) is 0.0714. The second-order valence-corrected chi connectivity index (χ2v) is 6.62. The molecule has 0 saturated heterocycles. The van der Waals surface area contributed by atoms with Gasteiger partial charge in [-0.05, 0) is 29.8 Å². The normalized spacial score (nSPS) is 16.2. The minimum atomic E-state index is -3.91. The minimum Gasteiger partial charge on any atom is -0.268 e. The molecule has 1 N–H and O–H groups in total. The smallest absolute Gasteiger partial charge is 0.268 e. The van der Waals surface area contributed by atoms with Crippen LogP contribution in [-0.2, 0) is 16.8 Å². The number of nitrogens with zero attached hydrogens (tertiary/aromatic N) is 1. The zero-order valence-electron chi connectivity index (χ0n) is 10.8. The van der Waals surface area contributed by atoms with Gasteiger partial charge in [-0.1, -0.05) is 35.9 Å².